The second kappa shape index (κ2) is 8.57. The van der Waals surface area contributed by atoms with Crippen molar-refractivity contribution in [1.82, 2.24) is 4.90 Å². The van der Waals surface area contributed by atoms with Crippen LogP contribution in [0.3, 0.4) is 0 Å². The maximum absolute atomic E-state index is 13.3. The van der Waals surface area contributed by atoms with Gasteiger partial charge in [-0.25, -0.2) is 8.42 Å². The lowest BCUT2D eigenvalue weighted by Crippen LogP contribution is -2.46. The Kier molecular flexibility index (Phi) is 6.32. The number of benzene rings is 2. The van der Waals surface area contributed by atoms with Crippen molar-refractivity contribution in [3.05, 3.63) is 64.7 Å². The summed E-state index contributed by atoms with van der Waals surface area (Å²) in [7, 11) is -3.10. The molecule has 2 atom stereocenters. The van der Waals surface area contributed by atoms with Gasteiger partial charge in [-0.3, -0.25) is 4.79 Å². The summed E-state index contributed by atoms with van der Waals surface area (Å²) in [5, 5.41) is 0. The van der Waals surface area contributed by atoms with E-state index in [1.807, 2.05) is 63.2 Å². The maximum atomic E-state index is 13.3. The third-order valence-corrected chi connectivity index (χ3v) is 7.36. The largest absolute Gasteiger partial charge is 0.481 e. The molecule has 0 aliphatic carbocycles. The molecule has 29 heavy (non-hydrogen) atoms. The van der Waals surface area contributed by atoms with Gasteiger partial charge in [0.25, 0.3) is 5.91 Å². The van der Waals surface area contributed by atoms with Crippen LogP contribution < -0.4 is 4.74 Å². The molecule has 6 heteroatoms. The summed E-state index contributed by atoms with van der Waals surface area (Å²) in [4.78, 5) is 15.0. The number of aryl methyl sites for hydroxylation is 2. The van der Waals surface area contributed by atoms with Crippen molar-refractivity contribution in [3.8, 4) is 5.75 Å². The van der Waals surface area contributed by atoms with Gasteiger partial charge in [0.05, 0.1) is 11.5 Å². The van der Waals surface area contributed by atoms with E-state index in [-0.39, 0.29) is 23.5 Å². The highest BCUT2D eigenvalue weighted by molar-refractivity contribution is 7.91. The van der Waals surface area contributed by atoms with Crippen LogP contribution in [0.5, 0.6) is 5.75 Å². The molecular formula is C23H29NO4S. The predicted molar refractivity (Wildman–Crippen MR) is 115 cm³/mol. The quantitative estimate of drug-likeness (QED) is 0.723. The molecular weight excluding hydrogens is 386 g/mol. The van der Waals surface area contributed by atoms with Crippen LogP contribution in [0.2, 0.25) is 0 Å². The second-order valence-corrected chi connectivity index (χ2v) is 10.2. The lowest BCUT2D eigenvalue weighted by molar-refractivity contribution is -0.140. The van der Waals surface area contributed by atoms with Gasteiger partial charge in [-0.1, -0.05) is 42.0 Å². The Balaban J connectivity index is 1.82. The highest BCUT2D eigenvalue weighted by atomic mass is 32.2. The van der Waals surface area contributed by atoms with Crippen molar-refractivity contribution >= 4 is 15.7 Å². The third kappa shape index (κ3) is 5.18. The summed E-state index contributed by atoms with van der Waals surface area (Å²) in [6, 6.07) is 13.4. The lowest BCUT2D eigenvalue weighted by Gasteiger charge is -2.31. The van der Waals surface area contributed by atoms with E-state index in [0.717, 1.165) is 22.3 Å². The molecule has 1 heterocycles. The molecule has 3 rings (SSSR count). The molecule has 1 saturated heterocycles. The molecule has 1 amide bonds. The van der Waals surface area contributed by atoms with Crippen LogP contribution >= 0.6 is 0 Å². The van der Waals surface area contributed by atoms with Crippen LogP contribution in [0, 0.1) is 20.8 Å². The first-order chi connectivity index (χ1) is 13.7. The molecule has 0 bridgehead atoms. The summed E-state index contributed by atoms with van der Waals surface area (Å²) < 4.78 is 30.1. The molecule has 5 nitrogen and oxygen atoms in total. The average molecular weight is 416 g/mol. The molecule has 0 aromatic heterocycles. The molecule has 0 N–H and O–H groups in total. The number of carbonyl (C=O) groups excluding carboxylic acids is 1. The summed E-state index contributed by atoms with van der Waals surface area (Å²) in [5.41, 5.74) is 4.22. The molecule has 0 spiro atoms. The van der Waals surface area contributed by atoms with Gasteiger partial charge in [0.15, 0.2) is 15.9 Å². The monoisotopic (exact) mass is 415 g/mol. The first kappa shape index (κ1) is 21.4. The highest BCUT2D eigenvalue weighted by Gasteiger charge is 2.36. The molecule has 156 valence electrons. The summed E-state index contributed by atoms with van der Waals surface area (Å²) in [6.07, 6.45) is -0.236. The van der Waals surface area contributed by atoms with Gasteiger partial charge < -0.3 is 9.64 Å². The zero-order valence-corrected chi connectivity index (χ0v) is 18.3. The number of amides is 1. The number of rotatable bonds is 6. The normalized spacial score (nSPS) is 19.0. The average Bonchev–Trinajstić information content (AvgIpc) is 3.04. The fourth-order valence-corrected chi connectivity index (χ4v) is 5.36. The van der Waals surface area contributed by atoms with E-state index in [1.165, 1.54) is 0 Å². The smallest absolute Gasteiger partial charge is 0.263 e. The van der Waals surface area contributed by atoms with Gasteiger partial charge in [-0.05, 0) is 56.9 Å². The molecule has 2 aromatic rings. The van der Waals surface area contributed by atoms with Gasteiger partial charge in [-0.2, -0.15) is 0 Å². The van der Waals surface area contributed by atoms with Gasteiger partial charge in [0.2, 0.25) is 0 Å². The van der Waals surface area contributed by atoms with Crippen LogP contribution in [0.25, 0.3) is 0 Å². The number of carbonyl (C=O) groups is 1. The van der Waals surface area contributed by atoms with Crippen molar-refractivity contribution in [3.63, 3.8) is 0 Å². The molecule has 1 fully saturated rings. The van der Waals surface area contributed by atoms with Crippen molar-refractivity contribution in [2.24, 2.45) is 0 Å². The predicted octanol–water partition coefficient (Wildman–Crippen LogP) is 3.60. The van der Waals surface area contributed by atoms with E-state index in [2.05, 4.69) is 0 Å². The number of hydrogen-bond donors (Lipinski definition) is 0. The Morgan fingerprint density at radius 3 is 2.45 bits per heavy atom. The van der Waals surface area contributed by atoms with E-state index in [1.54, 1.807) is 11.8 Å². The molecule has 0 saturated carbocycles. The number of hydrogen-bond acceptors (Lipinski definition) is 4. The Morgan fingerprint density at radius 1 is 1.14 bits per heavy atom. The van der Waals surface area contributed by atoms with Crippen molar-refractivity contribution in [1.29, 1.82) is 0 Å². The molecule has 2 unspecified atom stereocenters. The minimum absolute atomic E-state index is 0.0147. The van der Waals surface area contributed by atoms with Crippen LogP contribution in [-0.4, -0.2) is 42.9 Å². The number of nitrogens with zero attached hydrogens (tertiary/aromatic N) is 1. The van der Waals surface area contributed by atoms with Crippen molar-refractivity contribution in [2.45, 2.75) is 52.8 Å². The molecule has 1 aliphatic heterocycles. The van der Waals surface area contributed by atoms with Crippen LogP contribution in [0.15, 0.2) is 42.5 Å². The summed E-state index contributed by atoms with van der Waals surface area (Å²) >= 11 is 0. The highest BCUT2D eigenvalue weighted by Crippen LogP contribution is 2.25. The van der Waals surface area contributed by atoms with Gasteiger partial charge >= 0.3 is 0 Å². The molecule has 1 aliphatic rings. The topological polar surface area (TPSA) is 63.7 Å². The Bertz CT molecular complexity index is 982. The van der Waals surface area contributed by atoms with Gasteiger partial charge in [-0.15, -0.1) is 0 Å². The Hall–Kier alpha value is -2.34. The van der Waals surface area contributed by atoms with E-state index in [0.29, 0.717) is 18.7 Å². The van der Waals surface area contributed by atoms with Crippen LogP contribution in [-0.2, 0) is 21.2 Å². The van der Waals surface area contributed by atoms with E-state index < -0.39 is 15.9 Å². The molecule has 0 radical (unpaired) electrons. The van der Waals surface area contributed by atoms with E-state index in [9.17, 15) is 13.2 Å². The first-order valence-corrected chi connectivity index (χ1v) is 11.8. The van der Waals surface area contributed by atoms with Crippen LogP contribution in [0.4, 0.5) is 0 Å². The number of sulfone groups is 1. The Morgan fingerprint density at radius 2 is 1.83 bits per heavy atom. The first-order valence-electron chi connectivity index (χ1n) is 9.95. The SMILES string of the molecule is Cc1ccc(CN(C(=O)C(C)Oc2cccc(C)c2C)C2CCS(=O)(=O)C2)cc1. The summed E-state index contributed by atoms with van der Waals surface area (Å²) in [5.74, 6) is 0.635. The van der Waals surface area contributed by atoms with E-state index >= 15 is 0 Å². The zero-order chi connectivity index (χ0) is 21.2. The summed E-state index contributed by atoms with van der Waals surface area (Å²) in [6.45, 7) is 8.09. The maximum Gasteiger partial charge on any atom is 0.263 e. The van der Waals surface area contributed by atoms with Crippen LogP contribution in [0.1, 0.15) is 35.6 Å². The van der Waals surface area contributed by atoms with Crippen molar-refractivity contribution < 1.29 is 17.9 Å². The lowest BCUT2D eigenvalue weighted by atomic mass is 10.1. The van der Waals surface area contributed by atoms with Gasteiger partial charge in [0, 0.05) is 12.6 Å². The van der Waals surface area contributed by atoms with Gasteiger partial charge in [0.1, 0.15) is 5.75 Å². The fourth-order valence-electron chi connectivity index (χ4n) is 3.62. The van der Waals surface area contributed by atoms with E-state index in [4.69, 9.17) is 4.74 Å². The van der Waals surface area contributed by atoms with Crippen molar-refractivity contribution in [2.75, 3.05) is 11.5 Å². The minimum Gasteiger partial charge on any atom is -0.481 e. The minimum atomic E-state index is -3.10. The number of ether oxygens (including phenoxy) is 1. The molecule has 2 aromatic carbocycles. The standard InChI is InChI=1S/C23H29NO4S/c1-16-8-10-20(11-9-16)14-24(21-12-13-29(26,27)15-21)23(25)19(4)28-22-7-5-6-17(2)18(22)3/h5-11,19,21H,12-15H2,1-4H3. The Labute approximate surface area is 173 Å². The fraction of sp³-hybridized carbons (Fsp3) is 0.435. The zero-order valence-electron chi connectivity index (χ0n) is 17.5. The second-order valence-electron chi connectivity index (χ2n) is 7.97. The third-order valence-electron chi connectivity index (χ3n) is 5.61.